The predicted octanol–water partition coefficient (Wildman–Crippen LogP) is 7.06. The van der Waals surface area contributed by atoms with E-state index in [2.05, 4.69) is 82.9 Å². The van der Waals surface area contributed by atoms with Crippen LogP contribution in [-0.2, 0) is 6.54 Å². The van der Waals surface area contributed by atoms with Gasteiger partial charge in [0.05, 0.1) is 7.11 Å². The van der Waals surface area contributed by atoms with Gasteiger partial charge in [0.1, 0.15) is 5.75 Å². The highest BCUT2D eigenvalue weighted by Gasteiger charge is 2.08. The lowest BCUT2D eigenvalue weighted by Gasteiger charge is -2.25. The maximum atomic E-state index is 5.28. The van der Waals surface area contributed by atoms with Crippen molar-refractivity contribution < 1.29 is 4.74 Å². The van der Waals surface area contributed by atoms with Gasteiger partial charge in [0.15, 0.2) is 0 Å². The Kier molecular flexibility index (Phi) is 9.90. The molecule has 2 aromatic carbocycles. The van der Waals surface area contributed by atoms with Gasteiger partial charge < -0.3 is 9.64 Å². The third kappa shape index (κ3) is 7.56. The van der Waals surface area contributed by atoms with E-state index < -0.39 is 0 Å². The van der Waals surface area contributed by atoms with E-state index in [0.717, 1.165) is 18.8 Å². The van der Waals surface area contributed by atoms with Crippen molar-refractivity contribution in [1.29, 1.82) is 0 Å². The Morgan fingerprint density at radius 3 is 2.04 bits per heavy atom. The summed E-state index contributed by atoms with van der Waals surface area (Å²) in [6, 6.07) is 17.3. The van der Waals surface area contributed by atoms with Crippen LogP contribution < -0.4 is 9.64 Å². The zero-order chi connectivity index (χ0) is 18.6. The number of anilines is 1. The quantitative estimate of drug-likeness (QED) is 0.246. The maximum Gasteiger partial charge on any atom is 0.118 e. The minimum absolute atomic E-state index is 0.918. The number of halogens is 1. The van der Waals surface area contributed by atoms with Crippen LogP contribution in [0.4, 0.5) is 5.69 Å². The zero-order valence-electron chi connectivity index (χ0n) is 16.2. The van der Waals surface area contributed by atoms with Crippen molar-refractivity contribution in [2.45, 2.75) is 58.4 Å². The first-order valence-corrected chi connectivity index (χ1v) is 10.9. The van der Waals surface area contributed by atoms with Crippen LogP contribution in [0, 0.1) is 3.57 Å². The Morgan fingerprint density at radius 1 is 0.808 bits per heavy atom. The number of unbranched alkanes of at least 4 members (excludes halogenated alkanes) is 6. The van der Waals surface area contributed by atoms with Crippen LogP contribution in [0.3, 0.4) is 0 Å². The molecule has 2 rings (SSSR count). The standard InChI is InChI=1S/C23H32INO/c1-3-4-5-6-7-8-9-18-25(22-14-12-21(24)13-15-22)19-20-10-16-23(26-2)17-11-20/h10-17H,3-9,18-19H2,1-2H3. The summed E-state index contributed by atoms with van der Waals surface area (Å²) >= 11 is 2.37. The lowest BCUT2D eigenvalue weighted by molar-refractivity contribution is 0.414. The molecule has 0 aliphatic rings. The highest BCUT2D eigenvalue weighted by atomic mass is 127. The van der Waals surface area contributed by atoms with Crippen molar-refractivity contribution in [3.63, 3.8) is 0 Å². The molecular formula is C23H32INO. The van der Waals surface area contributed by atoms with Crippen LogP contribution in [0.2, 0.25) is 0 Å². The summed E-state index contributed by atoms with van der Waals surface area (Å²) in [7, 11) is 1.72. The molecular weight excluding hydrogens is 433 g/mol. The van der Waals surface area contributed by atoms with Gasteiger partial charge in [-0.1, -0.05) is 57.6 Å². The molecule has 0 aliphatic carbocycles. The number of hydrogen-bond donors (Lipinski definition) is 0. The second kappa shape index (κ2) is 12.2. The van der Waals surface area contributed by atoms with E-state index in [4.69, 9.17) is 4.74 Å². The number of nitrogens with zero attached hydrogens (tertiary/aromatic N) is 1. The molecule has 26 heavy (non-hydrogen) atoms. The molecule has 0 radical (unpaired) electrons. The fourth-order valence-corrected chi connectivity index (χ4v) is 3.52. The van der Waals surface area contributed by atoms with Gasteiger partial charge in [-0.2, -0.15) is 0 Å². The predicted molar refractivity (Wildman–Crippen MR) is 121 cm³/mol. The van der Waals surface area contributed by atoms with Gasteiger partial charge in [-0.15, -0.1) is 0 Å². The largest absolute Gasteiger partial charge is 0.497 e. The van der Waals surface area contributed by atoms with E-state index in [0.29, 0.717) is 0 Å². The Hall–Kier alpha value is -1.23. The zero-order valence-corrected chi connectivity index (χ0v) is 18.4. The van der Waals surface area contributed by atoms with Crippen LogP contribution >= 0.6 is 22.6 Å². The van der Waals surface area contributed by atoms with Gasteiger partial charge in [-0.3, -0.25) is 0 Å². The van der Waals surface area contributed by atoms with Gasteiger partial charge in [-0.05, 0) is 71.0 Å². The molecule has 0 N–H and O–H groups in total. The van der Waals surface area contributed by atoms with Crippen molar-refractivity contribution in [3.05, 3.63) is 57.7 Å². The molecule has 142 valence electrons. The van der Waals surface area contributed by atoms with E-state index >= 15 is 0 Å². The van der Waals surface area contributed by atoms with Crippen molar-refractivity contribution in [2.75, 3.05) is 18.6 Å². The fraction of sp³-hybridized carbons (Fsp3) is 0.478. The average Bonchev–Trinajstić information content (AvgIpc) is 2.67. The van der Waals surface area contributed by atoms with Crippen molar-refractivity contribution in [1.82, 2.24) is 0 Å². The van der Waals surface area contributed by atoms with Crippen LogP contribution in [0.5, 0.6) is 5.75 Å². The first-order chi connectivity index (χ1) is 12.7. The molecule has 0 atom stereocenters. The Balaban J connectivity index is 1.91. The molecule has 0 aliphatic heterocycles. The fourth-order valence-electron chi connectivity index (χ4n) is 3.16. The van der Waals surface area contributed by atoms with Gasteiger partial charge in [-0.25, -0.2) is 0 Å². The molecule has 2 nitrogen and oxygen atoms in total. The number of rotatable bonds is 12. The number of benzene rings is 2. The average molecular weight is 465 g/mol. The van der Waals surface area contributed by atoms with Crippen molar-refractivity contribution in [3.8, 4) is 5.75 Å². The first kappa shape index (κ1) is 21.1. The highest BCUT2D eigenvalue weighted by molar-refractivity contribution is 14.1. The molecule has 0 saturated heterocycles. The van der Waals surface area contributed by atoms with Crippen molar-refractivity contribution >= 4 is 28.3 Å². The summed E-state index contributed by atoms with van der Waals surface area (Å²) in [5.74, 6) is 0.918. The second-order valence-electron chi connectivity index (χ2n) is 6.87. The SMILES string of the molecule is CCCCCCCCCN(Cc1ccc(OC)cc1)c1ccc(I)cc1. The Labute approximate surface area is 173 Å². The highest BCUT2D eigenvalue weighted by Crippen LogP contribution is 2.21. The summed E-state index contributed by atoms with van der Waals surface area (Å²) in [5, 5.41) is 0. The topological polar surface area (TPSA) is 12.5 Å². The summed E-state index contributed by atoms with van der Waals surface area (Å²) in [5.41, 5.74) is 2.64. The molecule has 0 amide bonds. The van der Waals surface area contributed by atoms with Gasteiger partial charge in [0.25, 0.3) is 0 Å². The van der Waals surface area contributed by atoms with Crippen LogP contribution in [0.15, 0.2) is 48.5 Å². The molecule has 0 bridgehead atoms. The van der Waals surface area contributed by atoms with Crippen LogP contribution in [0.1, 0.15) is 57.4 Å². The minimum Gasteiger partial charge on any atom is -0.497 e. The first-order valence-electron chi connectivity index (χ1n) is 9.86. The third-order valence-corrected chi connectivity index (χ3v) is 5.48. The molecule has 0 aromatic heterocycles. The smallest absolute Gasteiger partial charge is 0.118 e. The lowest BCUT2D eigenvalue weighted by Crippen LogP contribution is -2.23. The Bertz CT molecular complexity index is 609. The summed E-state index contributed by atoms with van der Waals surface area (Å²) < 4.78 is 6.56. The van der Waals surface area contributed by atoms with Gasteiger partial charge in [0, 0.05) is 22.3 Å². The summed E-state index contributed by atoms with van der Waals surface area (Å²) in [6.45, 7) is 4.33. The monoisotopic (exact) mass is 465 g/mol. The number of methoxy groups -OCH3 is 1. The van der Waals surface area contributed by atoms with E-state index in [1.54, 1.807) is 7.11 Å². The van der Waals surface area contributed by atoms with Gasteiger partial charge >= 0.3 is 0 Å². The van der Waals surface area contributed by atoms with Gasteiger partial charge in [0.2, 0.25) is 0 Å². The van der Waals surface area contributed by atoms with E-state index in [9.17, 15) is 0 Å². The van der Waals surface area contributed by atoms with Crippen LogP contribution in [0.25, 0.3) is 0 Å². The molecule has 0 unspecified atom stereocenters. The summed E-state index contributed by atoms with van der Waals surface area (Å²) in [4.78, 5) is 2.50. The molecule has 3 heteroatoms. The molecule has 0 saturated carbocycles. The third-order valence-electron chi connectivity index (χ3n) is 4.76. The number of hydrogen-bond acceptors (Lipinski definition) is 2. The van der Waals surface area contributed by atoms with E-state index in [1.165, 1.54) is 59.8 Å². The van der Waals surface area contributed by atoms with E-state index in [-0.39, 0.29) is 0 Å². The lowest BCUT2D eigenvalue weighted by atomic mass is 10.1. The minimum atomic E-state index is 0.918. The van der Waals surface area contributed by atoms with Crippen molar-refractivity contribution in [2.24, 2.45) is 0 Å². The normalized spacial score (nSPS) is 10.7. The second-order valence-corrected chi connectivity index (χ2v) is 8.11. The molecule has 0 heterocycles. The van der Waals surface area contributed by atoms with E-state index in [1.807, 2.05) is 0 Å². The Morgan fingerprint density at radius 2 is 1.42 bits per heavy atom. The van der Waals surface area contributed by atoms with Crippen LogP contribution in [-0.4, -0.2) is 13.7 Å². The number of ether oxygens (including phenoxy) is 1. The molecule has 0 spiro atoms. The molecule has 2 aromatic rings. The maximum absolute atomic E-state index is 5.28. The molecule has 0 fully saturated rings. The summed E-state index contributed by atoms with van der Waals surface area (Å²) in [6.07, 6.45) is 9.43.